The van der Waals surface area contributed by atoms with E-state index in [-0.39, 0.29) is 11.7 Å². The van der Waals surface area contributed by atoms with Crippen LogP contribution in [0.15, 0.2) is 12.1 Å². The van der Waals surface area contributed by atoms with Crippen LogP contribution in [0, 0.1) is 5.92 Å². The van der Waals surface area contributed by atoms with Gasteiger partial charge in [0, 0.05) is 12.5 Å². The van der Waals surface area contributed by atoms with Crippen LogP contribution in [0.25, 0.3) is 0 Å². The number of ether oxygens (including phenoxy) is 2. The molecule has 0 aromatic heterocycles. The van der Waals surface area contributed by atoms with Crippen LogP contribution in [-0.4, -0.2) is 19.0 Å². The van der Waals surface area contributed by atoms with Crippen LogP contribution in [0.1, 0.15) is 52.5 Å². The molecule has 0 aliphatic carbocycles. The van der Waals surface area contributed by atoms with Crippen molar-refractivity contribution in [2.75, 3.05) is 13.2 Å². The second-order valence-corrected chi connectivity index (χ2v) is 6.21. The Morgan fingerprint density at radius 2 is 1.73 bits per heavy atom. The van der Waals surface area contributed by atoms with Gasteiger partial charge < -0.3 is 14.3 Å². The minimum Gasteiger partial charge on any atom is -0.493 e. The van der Waals surface area contributed by atoms with Crippen molar-refractivity contribution in [2.24, 2.45) is 5.92 Å². The highest BCUT2D eigenvalue weighted by molar-refractivity contribution is 6.32. The molecule has 0 spiro atoms. The molecule has 0 amide bonds. The highest BCUT2D eigenvalue weighted by Gasteiger charge is 2.15. The van der Waals surface area contributed by atoms with Crippen LogP contribution in [-0.2, 0) is 11.2 Å². The molecule has 0 aliphatic rings. The molecule has 1 atom stereocenters. The maximum Gasteiger partial charge on any atom is 0.141 e. The SMILES string of the molecule is CCCOc1cc(OCCC)c(CC(C)CC(C)=O)cc1Cl. The summed E-state index contributed by atoms with van der Waals surface area (Å²) in [6.07, 6.45) is 3.21. The molecule has 0 fully saturated rings. The van der Waals surface area contributed by atoms with Gasteiger partial charge in [0.1, 0.15) is 17.3 Å². The number of halogens is 1. The van der Waals surface area contributed by atoms with E-state index in [0.29, 0.717) is 30.4 Å². The van der Waals surface area contributed by atoms with Crippen molar-refractivity contribution in [2.45, 2.75) is 53.4 Å². The number of hydrogen-bond donors (Lipinski definition) is 0. The first kappa shape index (κ1) is 18.8. The van der Waals surface area contributed by atoms with Crippen molar-refractivity contribution in [3.63, 3.8) is 0 Å². The van der Waals surface area contributed by atoms with Crippen molar-refractivity contribution >= 4 is 17.4 Å². The Balaban J connectivity index is 2.96. The Morgan fingerprint density at radius 3 is 2.27 bits per heavy atom. The lowest BCUT2D eigenvalue weighted by molar-refractivity contribution is -0.117. The van der Waals surface area contributed by atoms with E-state index in [2.05, 4.69) is 20.8 Å². The Bertz CT molecular complexity index is 485. The fourth-order valence-electron chi connectivity index (χ4n) is 2.34. The first-order valence-electron chi connectivity index (χ1n) is 8.05. The maximum absolute atomic E-state index is 11.3. The molecule has 1 aromatic carbocycles. The summed E-state index contributed by atoms with van der Waals surface area (Å²) >= 11 is 6.31. The monoisotopic (exact) mass is 326 g/mol. The van der Waals surface area contributed by atoms with Gasteiger partial charge in [-0.3, -0.25) is 0 Å². The molecule has 1 unspecified atom stereocenters. The Morgan fingerprint density at radius 1 is 1.14 bits per heavy atom. The van der Waals surface area contributed by atoms with Crippen molar-refractivity contribution in [3.8, 4) is 11.5 Å². The third-order valence-electron chi connectivity index (χ3n) is 3.24. The molecule has 0 radical (unpaired) electrons. The van der Waals surface area contributed by atoms with Gasteiger partial charge in [-0.25, -0.2) is 0 Å². The molecule has 0 saturated heterocycles. The average Bonchev–Trinajstić information content (AvgIpc) is 2.44. The topological polar surface area (TPSA) is 35.5 Å². The van der Waals surface area contributed by atoms with Gasteiger partial charge in [-0.05, 0) is 43.7 Å². The van der Waals surface area contributed by atoms with Crippen molar-refractivity contribution in [1.82, 2.24) is 0 Å². The lowest BCUT2D eigenvalue weighted by Gasteiger charge is -2.17. The van der Waals surface area contributed by atoms with Crippen molar-refractivity contribution < 1.29 is 14.3 Å². The van der Waals surface area contributed by atoms with Crippen LogP contribution in [0.3, 0.4) is 0 Å². The molecule has 0 saturated carbocycles. The van der Waals surface area contributed by atoms with E-state index in [9.17, 15) is 4.79 Å². The molecule has 0 N–H and O–H groups in total. The van der Waals surface area contributed by atoms with Crippen molar-refractivity contribution in [1.29, 1.82) is 0 Å². The summed E-state index contributed by atoms with van der Waals surface area (Å²) in [5.74, 6) is 1.95. The van der Waals surface area contributed by atoms with E-state index in [1.54, 1.807) is 6.92 Å². The van der Waals surface area contributed by atoms with Gasteiger partial charge in [0.05, 0.1) is 18.2 Å². The van der Waals surface area contributed by atoms with Gasteiger partial charge in [-0.15, -0.1) is 0 Å². The van der Waals surface area contributed by atoms with E-state index < -0.39 is 0 Å². The van der Waals surface area contributed by atoms with Crippen molar-refractivity contribution in [3.05, 3.63) is 22.7 Å². The Kier molecular flexibility index (Phi) is 8.32. The summed E-state index contributed by atoms with van der Waals surface area (Å²) in [5.41, 5.74) is 1.04. The van der Waals surface area contributed by atoms with E-state index in [4.69, 9.17) is 21.1 Å². The third kappa shape index (κ3) is 6.27. The first-order valence-corrected chi connectivity index (χ1v) is 8.43. The number of rotatable bonds is 10. The van der Waals surface area contributed by atoms with Gasteiger partial charge >= 0.3 is 0 Å². The molecular formula is C18H27ClO3. The molecule has 22 heavy (non-hydrogen) atoms. The van der Waals surface area contributed by atoms with E-state index in [0.717, 1.165) is 30.6 Å². The van der Waals surface area contributed by atoms with E-state index in [1.165, 1.54) is 0 Å². The molecular weight excluding hydrogens is 300 g/mol. The van der Waals surface area contributed by atoms with Crippen LogP contribution >= 0.6 is 11.6 Å². The summed E-state index contributed by atoms with van der Waals surface area (Å²) < 4.78 is 11.5. The lowest BCUT2D eigenvalue weighted by Crippen LogP contribution is -2.08. The number of benzene rings is 1. The molecule has 0 heterocycles. The first-order chi connectivity index (χ1) is 10.5. The average molecular weight is 327 g/mol. The van der Waals surface area contributed by atoms with Gasteiger partial charge in [0.2, 0.25) is 0 Å². The predicted molar refractivity (Wildman–Crippen MR) is 91.2 cm³/mol. The summed E-state index contributed by atoms with van der Waals surface area (Å²) in [7, 11) is 0. The summed E-state index contributed by atoms with van der Waals surface area (Å²) in [6.45, 7) is 9.11. The molecule has 1 rings (SSSR count). The summed E-state index contributed by atoms with van der Waals surface area (Å²) in [6, 6.07) is 3.79. The summed E-state index contributed by atoms with van der Waals surface area (Å²) in [4.78, 5) is 11.3. The van der Waals surface area contributed by atoms with Gasteiger partial charge in [-0.2, -0.15) is 0 Å². The second-order valence-electron chi connectivity index (χ2n) is 5.80. The second kappa shape index (κ2) is 9.73. The summed E-state index contributed by atoms with van der Waals surface area (Å²) in [5, 5.41) is 0.599. The highest BCUT2D eigenvalue weighted by Crippen LogP contribution is 2.34. The molecule has 0 aliphatic heterocycles. The highest BCUT2D eigenvalue weighted by atomic mass is 35.5. The zero-order valence-electron chi connectivity index (χ0n) is 14.1. The van der Waals surface area contributed by atoms with Crippen LogP contribution in [0.2, 0.25) is 5.02 Å². The van der Waals surface area contributed by atoms with Crippen LogP contribution in [0.5, 0.6) is 11.5 Å². The fourth-order valence-corrected chi connectivity index (χ4v) is 2.58. The third-order valence-corrected chi connectivity index (χ3v) is 3.54. The largest absolute Gasteiger partial charge is 0.493 e. The van der Waals surface area contributed by atoms with Crippen LogP contribution in [0.4, 0.5) is 0 Å². The smallest absolute Gasteiger partial charge is 0.141 e. The molecule has 3 nitrogen and oxygen atoms in total. The number of ketones is 1. The van der Waals surface area contributed by atoms with E-state index >= 15 is 0 Å². The Hall–Kier alpha value is -1.22. The number of Topliss-reactive ketones (excluding diaryl/α,β-unsaturated/α-hetero) is 1. The zero-order chi connectivity index (χ0) is 16.5. The fraction of sp³-hybridized carbons (Fsp3) is 0.611. The molecule has 1 aromatic rings. The molecule has 0 bridgehead atoms. The number of carbonyl (C=O) groups excluding carboxylic acids is 1. The molecule has 4 heteroatoms. The van der Waals surface area contributed by atoms with E-state index in [1.807, 2.05) is 12.1 Å². The Labute approximate surface area is 139 Å². The predicted octanol–water partition coefficient (Wildman–Crippen LogP) is 5.08. The normalized spacial score (nSPS) is 12.0. The number of carbonyl (C=O) groups is 1. The standard InChI is InChI=1S/C18H27ClO3/c1-5-7-21-17-12-18(22-8-6-2)16(19)11-15(17)10-13(3)9-14(4)20/h11-13H,5-10H2,1-4H3. The van der Waals surface area contributed by atoms with Gasteiger partial charge in [0.25, 0.3) is 0 Å². The van der Waals surface area contributed by atoms with Gasteiger partial charge in [0.15, 0.2) is 0 Å². The molecule has 124 valence electrons. The minimum atomic E-state index is 0.206. The minimum absolute atomic E-state index is 0.206. The maximum atomic E-state index is 11.3. The zero-order valence-corrected chi connectivity index (χ0v) is 14.8. The van der Waals surface area contributed by atoms with Gasteiger partial charge in [-0.1, -0.05) is 32.4 Å². The quantitative estimate of drug-likeness (QED) is 0.601. The van der Waals surface area contributed by atoms with Crippen LogP contribution < -0.4 is 9.47 Å². The number of hydrogen-bond acceptors (Lipinski definition) is 3. The lowest BCUT2D eigenvalue weighted by atomic mass is 9.96.